The van der Waals surface area contributed by atoms with E-state index in [0.717, 1.165) is 6.54 Å². The van der Waals surface area contributed by atoms with E-state index in [1.807, 2.05) is 12.2 Å². The van der Waals surface area contributed by atoms with E-state index in [1.54, 1.807) is 0 Å². The zero-order valence-electron chi connectivity index (χ0n) is 11.5. The fraction of sp³-hybridized carbons (Fsp3) is 0.222. The summed E-state index contributed by atoms with van der Waals surface area (Å²) in [4.78, 5) is 2.21. The molecular weight excluding hydrogens is 230 g/mol. The average Bonchev–Trinajstić information content (AvgIpc) is 2.95. The summed E-state index contributed by atoms with van der Waals surface area (Å²) < 4.78 is 0. The third kappa shape index (κ3) is 4.29. The second-order valence-electron chi connectivity index (χ2n) is 4.62. The van der Waals surface area contributed by atoms with Gasteiger partial charge in [-0.05, 0) is 29.7 Å². The molecule has 2 aliphatic carbocycles. The van der Waals surface area contributed by atoms with Gasteiger partial charge in [0, 0.05) is 18.9 Å². The Bertz CT molecular complexity index is 454. The zero-order valence-corrected chi connectivity index (χ0v) is 11.5. The summed E-state index contributed by atoms with van der Waals surface area (Å²) in [5, 5.41) is 0. The van der Waals surface area contributed by atoms with Crippen molar-refractivity contribution in [2.45, 2.75) is 19.8 Å². The Morgan fingerprint density at radius 2 is 1.37 bits per heavy atom. The van der Waals surface area contributed by atoms with Crippen LogP contribution in [0.15, 0.2) is 84.3 Å². The number of allylic oxidation sites excluding steroid dienone is 12. The first-order valence-electron chi connectivity index (χ1n) is 6.94. The Hall–Kier alpha value is -2.02. The van der Waals surface area contributed by atoms with E-state index in [4.69, 9.17) is 0 Å². The lowest BCUT2D eigenvalue weighted by Crippen LogP contribution is -2.09. The van der Waals surface area contributed by atoms with Gasteiger partial charge in [-0.1, -0.05) is 62.0 Å². The summed E-state index contributed by atoms with van der Waals surface area (Å²) in [5.74, 6) is 0. The third-order valence-corrected chi connectivity index (χ3v) is 3.09. The molecule has 98 valence electrons. The molecule has 0 saturated carbocycles. The number of unbranched alkanes of at least 4 members (excludes halogenated alkanes) is 1. The van der Waals surface area contributed by atoms with Gasteiger partial charge in [0.1, 0.15) is 0 Å². The minimum absolute atomic E-state index is 1.13. The molecule has 1 heterocycles. The minimum Gasteiger partial charge on any atom is -0.354 e. The lowest BCUT2D eigenvalue weighted by molar-refractivity contribution is 0.486. The Kier molecular flexibility index (Phi) is 5.24. The number of fused-ring (bicyclic) bond motifs is 1. The van der Waals surface area contributed by atoms with Crippen LogP contribution < -0.4 is 0 Å². The normalized spacial score (nSPS) is 17.8. The molecule has 0 aromatic carbocycles. The quantitative estimate of drug-likeness (QED) is 0.705. The largest absolute Gasteiger partial charge is 0.354 e. The van der Waals surface area contributed by atoms with E-state index >= 15 is 0 Å². The van der Waals surface area contributed by atoms with Gasteiger partial charge in [-0.2, -0.15) is 0 Å². The molecule has 1 heteroatoms. The van der Waals surface area contributed by atoms with Gasteiger partial charge in [-0.25, -0.2) is 0 Å². The monoisotopic (exact) mass is 251 g/mol. The highest BCUT2D eigenvalue weighted by Crippen LogP contribution is 2.23. The number of hydrogen-bond acceptors (Lipinski definition) is 1. The highest BCUT2D eigenvalue weighted by atomic mass is 15.1. The average molecular weight is 251 g/mol. The first kappa shape index (κ1) is 13.4. The first-order chi connectivity index (χ1) is 9.40. The lowest BCUT2D eigenvalue weighted by atomic mass is 10.2. The summed E-state index contributed by atoms with van der Waals surface area (Å²) in [7, 11) is 0. The lowest BCUT2D eigenvalue weighted by Gasteiger charge is -2.12. The maximum absolute atomic E-state index is 2.21. The number of hydrogen-bond donors (Lipinski definition) is 0. The molecule has 0 N–H and O–H groups in total. The van der Waals surface area contributed by atoms with Crippen LogP contribution in [0.5, 0.6) is 0 Å². The Balaban J connectivity index is 0.000000146. The summed E-state index contributed by atoms with van der Waals surface area (Å²) in [6.07, 6.45) is 27.6. The van der Waals surface area contributed by atoms with Crippen molar-refractivity contribution in [1.82, 2.24) is 4.90 Å². The Morgan fingerprint density at radius 3 is 1.89 bits per heavy atom. The van der Waals surface area contributed by atoms with Gasteiger partial charge in [0.2, 0.25) is 0 Å². The van der Waals surface area contributed by atoms with Crippen LogP contribution in [0.3, 0.4) is 0 Å². The molecule has 0 fully saturated rings. The predicted octanol–water partition coefficient (Wildman–Crippen LogP) is 4.66. The second-order valence-corrected chi connectivity index (χ2v) is 4.62. The van der Waals surface area contributed by atoms with Crippen LogP contribution in [0.4, 0.5) is 0 Å². The molecule has 0 amide bonds. The Labute approximate surface area is 116 Å². The van der Waals surface area contributed by atoms with Gasteiger partial charge in [-0.3, -0.25) is 0 Å². The zero-order chi connectivity index (χ0) is 13.3. The molecule has 3 rings (SSSR count). The van der Waals surface area contributed by atoms with E-state index in [9.17, 15) is 0 Å². The van der Waals surface area contributed by atoms with Crippen molar-refractivity contribution in [2.24, 2.45) is 0 Å². The molecular formula is C18H21N. The van der Waals surface area contributed by atoms with Crippen LogP contribution in [0.1, 0.15) is 19.8 Å². The molecule has 0 aromatic rings. The van der Waals surface area contributed by atoms with Crippen LogP contribution in [0, 0.1) is 0 Å². The van der Waals surface area contributed by atoms with Crippen LogP contribution in [0.2, 0.25) is 0 Å². The molecule has 3 aliphatic rings. The van der Waals surface area contributed by atoms with Gasteiger partial charge >= 0.3 is 0 Å². The van der Waals surface area contributed by atoms with Gasteiger partial charge in [-0.15, -0.1) is 0 Å². The second kappa shape index (κ2) is 7.42. The summed E-state index contributed by atoms with van der Waals surface area (Å²) in [5.41, 5.74) is 2.70. The van der Waals surface area contributed by atoms with Crippen molar-refractivity contribution in [1.29, 1.82) is 0 Å². The molecule has 1 nitrogen and oxygen atoms in total. The topological polar surface area (TPSA) is 3.24 Å². The van der Waals surface area contributed by atoms with E-state index in [2.05, 4.69) is 72.8 Å². The molecule has 0 aromatic heterocycles. The van der Waals surface area contributed by atoms with Crippen LogP contribution in [-0.4, -0.2) is 11.4 Å². The standard InChI is InChI=1S/C10H15N.C8H6/c1-2-3-8-11-9-6-4-5-7-10-11;1-3-7-5-2-6-8(7)4-1/h4-7,9-10H,2-3,8H2,1H3;1-6H. The van der Waals surface area contributed by atoms with E-state index in [1.165, 1.54) is 24.0 Å². The first-order valence-corrected chi connectivity index (χ1v) is 6.94. The van der Waals surface area contributed by atoms with Crippen molar-refractivity contribution in [3.05, 3.63) is 84.3 Å². The van der Waals surface area contributed by atoms with Crippen molar-refractivity contribution >= 4 is 0 Å². The molecule has 1 aliphatic heterocycles. The van der Waals surface area contributed by atoms with Crippen molar-refractivity contribution in [3.8, 4) is 0 Å². The molecule has 0 unspecified atom stereocenters. The summed E-state index contributed by atoms with van der Waals surface area (Å²) in [6.45, 7) is 3.34. The fourth-order valence-electron chi connectivity index (χ4n) is 2.00. The molecule has 0 atom stereocenters. The molecule has 19 heavy (non-hydrogen) atoms. The van der Waals surface area contributed by atoms with E-state index < -0.39 is 0 Å². The highest BCUT2D eigenvalue weighted by Gasteiger charge is 2.04. The smallest absolute Gasteiger partial charge is 0.0219 e. The third-order valence-electron chi connectivity index (χ3n) is 3.09. The highest BCUT2D eigenvalue weighted by molar-refractivity contribution is 5.59. The maximum atomic E-state index is 2.21. The predicted molar refractivity (Wildman–Crippen MR) is 83.5 cm³/mol. The molecule has 0 bridgehead atoms. The van der Waals surface area contributed by atoms with Crippen LogP contribution in [-0.2, 0) is 0 Å². The van der Waals surface area contributed by atoms with Gasteiger partial charge in [0.15, 0.2) is 0 Å². The van der Waals surface area contributed by atoms with Crippen LogP contribution in [0.25, 0.3) is 0 Å². The minimum atomic E-state index is 1.13. The number of rotatable bonds is 3. The van der Waals surface area contributed by atoms with Crippen molar-refractivity contribution < 1.29 is 0 Å². The van der Waals surface area contributed by atoms with E-state index in [0.29, 0.717) is 0 Å². The molecule has 0 saturated heterocycles. The van der Waals surface area contributed by atoms with Crippen molar-refractivity contribution in [2.75, 3.05) is 6.54 Å². The fourth-order valence-corrected chi connectivity index (χ4v) is 2.00. The van der Waals surface area contributed by atoms with Gasteiger partial charge < -0.3 is 4.90 Å². The molecule has 0 spiro atoms. The maximum Gasteiger partial charge on any atom is 0.0219 e. The summed E-state index contributed by atoms with van der Waals surface area (Å²) in [6, 6.07) is 0. The Morgan fingerprint density at radius 1 is 0.789 bits per heavy atom. The van der Waals surface area contributed by atoms with Gasteiger partial charge in [0.25, 0.3) is 0 Å². The molecule has 0 radical (unpaired) electrons. The summed E-state index contributed by atoms with van der Waals surface area (Å²) >= 11 is 0. The van der Waals surface area contributed by atoms with Gasteiger partial charge in [0.05, 0.1) is 0 Å². The SMILES string of the molecule is C1=CC2=CC=CC2=C1.CCCCN1C=CC=CC=C1. The van der Waals surface area contributed by atoms with E-state index in [-0.39, 0.29) is 0 Å². The van der Waals surface area contributed by atoms with Crippen LogP contribution >= 0.6 is 0 Å². The number of nitrogens with zero attached hydrogens (tertiary/aromatic N) is 1. The van der Waals surface area contributed by atoms with Crippen molar-refractivity contribution in [3.63, 3.8) is 0 Å².